The van der Waals surface area contributed by atoms with Gasteiger partial charge in [0, 0.05) is 0 Å². The molecule has 1 N–H and O–H groups in total. The van der Waals surface area contributed by atoms with Crippen molar-refractivity contribution in [2.45, 2.75) is 31.7 Å². The Kier molecular flexibility index (Phi) is 5.36. The van der Waals surface area contributed by atoms with Gasteiger partial charge in [0.1, 0.15) is 0 Å². The quantitative estimate of drug-likeness (QED) is 0.882. The van der Waals surface area contributed by atoms with Crippen molar-refractivity contribution in [3.8, 4) is 11.5 Å². The largest absolute Gasteiger partial charge is 0.493 e. The number of amides is 1. The van der Waals surface area contributed by atoms with Crippen molar-refractivity contribution >= 4 is 5.91 Å². The normalized spacial score (nSPS) is 16.1. The standard InChI is InChI=1S/C20H23NO3/c1-23-18-11-4-5-12-19(18)24-14-13-20(22)21-17-10-6-8-15-7-2-3-9-16(15)17/h2-5,7,9,11-12,17H,6,8,10,13-14H2,1H3,(H,21,22)/t17-/m1/s1. The zero-order chi connectivity index (χ0) is 16.8. The van der Waals surface area contributed by atoms with E-state index in [-0.39, 0.29) is 11.9 Å². The van der Waals surface area contributed by atoms with Crippen LogP contribution in [0.25, 0.3) is 0 Å². The van der Waals surface area contributed by atoms with Gasteiger partial charge in [-0.05, 0) is 42.5 Å². The molecule has 0 unspecified atom stereocenters. The van der Waals surface area contributed by atoms with Gasteiger partial charge in [-0.3, -0.25) is 4.79 Å². The van der Waals surface area contributed by atoms with Crippen LogP contribution >= 0.6 is 0 Å². The lowest BCUT2D eigenvalue weighted by Crippen LogP contribution is -2.31. The monoisotopic (exact) mass is 325 g/mol. The van der Waals surface area contributed by atoms with Crippen LogP contribution in [-0.4, -0.2) is 19.6 Å². The van der Waals surface area contributed by atoms with Gasteiger partial charge in [0.25, 0.3) is 0 Å². The zero-order valence-electron chi connectivity index (χ0n) is 14.0. The van der Waals surface area contributed by atoms with Gasteiger partial charge in [-0.2, -0.15) is 0 Å². The van der Waals surface area contributed by atoms with Crippen LogP contribution in [0.1, 0.15) is 36.4 Å². The summed E-state index contributed by atoms with van der Waals surface area (Å²) in [6.07, 6.45) is 3.53. The Labute approximate surface area is 142 Å². The van der Waals surface area contributed by atoms with Crippen LogP contribution in [0, 0.1) is 0 Å². The van der Waals surface area contributed by atoms with Crippen molar-refractivity contribution in [2.24, 2.45) is 0 Å². The predicted octanol–water partition coefficient (Wildman–Crippen LogP) is 3.66. The number of hydrogen-bond donors (Lipinski definition) is 1. The lowest BCUT2D eigenvalue weighted by molar-refractivity contribution is -0.122. The molecule has 0 saturated heterocycles. The molecule has 2 aromatic rings. The Bertz CT molecular complexity index is 699. The Morgan fingerprint density at radius 3 is 2.71 bits per heavy atom. The van der Waals surface area contributed by atoms with E-state index in [2.05, 4.69) is 23.5 Å². The minimum atomic E-state index is 0.0200. The lowest BCUT2D eigenvalue weighted by atomic mass is 9.88. The molecule has 4 heteroatoms. The Morgan fingerprint density at radius 1 is 1.12 bits per heavy atom. The number of para-hydroxylation sites is 2. The summed E-state index contributed by atoms with van der Waals surface area (Å²) >= 11 is 0. The molecule has 0 aromatic heterocycles. The third-order valence-corrected chi connectivity index (χ3v) is 4.36. The highest BCUT2D eigenvalue weighted by Gasteiger charge is 2.21. The number of aryl methyl sites for hydroxylation is 1. The summed E-state index contributed by atoms with van der Waals surface area (Å²) in [4.78, 5) is 12.2. The summed E-state index contributed by atoms with van der Waals surface area (Å²) in [7, 11) is 1.61. The first-order valence-corrected chi connectivity index (χ1v) is 8.41. The molecule has 0 aliphatic heterocycles. The summed E-state index contributed by atoms with van der Waals surface area (Å²) in [5.74, 6) is 1.36. The van der Waals surface area contributed by atoms with E-state index in [0.29, 0.717) is 24.5 Å². The smallest absolute Gasteiger partial charge is 0.223 e. The van der Waals surface area contributed by atoms with E-state index in [1.54, 1.807) is 7.11 Å². The van der Waals surface area contributed by atoms with E-state index in [1.165, 1.54) is 11.1 Å². The lowest BCUT2D eigenvalue weighted by Gasteiger charge is -2.26. The molecule has 0 radical (unpaired) electrons. The highest BCUT2D eigenvalue weighted by Crippen LogP contribution is 2.29. The van der Waals surface area contributed by atoms with Crippen LogP contribution in [0.15, 0.2) is 48.5 Å². The average Bonchev–Trinajstić information content (AvgIpc) is 2.62. The van der Waals surface area contributed by atoms with Crippen molar-refractivity contribution in [1.82, 2.24) is 5.32 Å². The molecule has 0 spiro atoms. The minimum absolute atomic E-state index is 0.0200. The molecule has 24 heavy (non-hydrogen) atoms. The molecule has 1 amide bonds. The van der Waals surface area contributed by atoms with Gasteiger partial charge in [0.05, 0.1) is 26.2 Å². The molecule has 0 bridgehead atoms. The van der Waals surface area contributed by atoms with Crippen LogP contribution in [0.3, 0.4) is 0 Å². The first kappa shape index (κ1) is 16.4. The van der Waals surface area contributed by atoms with Gasteiger partial charge >= 0.3 is 0 Å². The third kappa shape index (κ3) is 3.88. The molecular weight excluding hydrogens is 302 g/mol. The second-order valence-electron chi connectivity index (χ2n) is 5.96. The van der Waals surface area contributed by atoms with E-state index in [4.69, 9.17) is 9.47 Å². The number of fused-ring (bicyclic) bond motifs is 1. The molecule has 3 rings (SSSR count). The number of carbonyl (C=O) groups excluding carboxylic acids is 1. The van der Waals surface area contributed by atoms with Gasteiger partial charge < -0.3 is 14.8 Å². The van der Waals surface area contributed by atoms with Crippen LogP contribution in [0.5, 0.6) is 11.5 Å². The molecule has 0 fully saturated rings. The molecule has 0 heterocycles. The number of nitrogens with one attached hydrogen (secondary N) is 1. The average molecular weight is 325 g/mol. The predicted molar refractivity (Wildman–Crippen MR) is 93.4 cm³/mol. The Hall–Kier alpha value is -2.49. The van der Waals surface area contributed by atoms with E-state index in [0.717, 1.165) is 19.3 Å². The number of rotatable bonds is 6. The van der Waals surface area contributed by atoms with Crippen LogP contribution < -0.4 is 14.8 Å². The van der Waals surface area contributed by atoms with Crippen LogP contribution in [-0.2, 0) is 11.2 Å². The van der Waals surface area contributed by atoms with Gasteiger partial charge in [0.15, 0.2) is 11.5 Å². The van der Waals surface area contributed by atoms with Crippen molar-refractivity contribution in [1.29, 1.82) is 0 Å². The van der Waals surface area contributed by atoms with Crippen molar-refractivity contribution in [2.75, 3.05) is 13.7 Å². The maximum absolute atomic E-state index is 12.2. The fourth-order valence-corrected chi connectivity index (χ4v) is 3.16. The third-order valence-electron chi connectivity index (χ3n) is 4.36. The van der Waals surface area contributed by atoms with E-state index in [1.807, 2.05) is 30.3 Å². The summed E-state index contributed by atoms with van der Waals surface area (Å²) in [5.41, 5.74) is 2.60. The number of benzene rings is 2. The van der Waals surface area contributed by atoms with E-state index in [9.17, 15) is 4.79 Å². The molecular formula is C20H23NO3. The number of methoxy groups -OCH3 is 1. The van der Waals surface area contributed by atoms with Gasteiger partial charge in [-0.1, -0.05) is 36.4 Å². The second-order valence-corrected chi connectivity index (χ2v) is 5.96. The Morgan fingerprint density at radius 2 is 1.88 bits per heavy atom. The van der Waals surface area contributed by atoms with Crippen molar-refractivity contribution in [3.63, 3.8) is 0 Å². The minimum Gasteiger partial charge on any atom is -0.493 e. The highest BCUT2D eigenvalue weighted by molar-refractivity contribution is 5.76. The Balaban J connectivity index is 1.52. The fraction of sp³-hybridized carbons (Fsp3) is 0.350. The fourth-order valence-electron chi connectivity index (χ4n) is 3.16. The summed E-state index contributed by atoms with van der Waals surface area (Å²) in [6, 6.07) is 15.9. The molecule has 0 saturated carbocycles. The summed E-state index contributed by atoms with van der Waals surface area (Å²) in [6.45, 7) is 0.334. The molecule has 2 aromatic carbocycles. The number of ether oxygens (including phenoxy) is 2. The van der Waals surface area contributed by atoms with E-state index < -0.39 is 0 Å². The van der Waals surface area contributed by atoms with Gasteiger partial charge in [0.2, 0.25) is 5.91 Å². The molecule has 1 atom stereocenters. The number of hydrogen-bond acceptors (Lipinski definition) is 3. The first-order chi connectivity index (χ1) is 11.8. The topological polar surface area (TPSA) is 47.6 Å². The second kappa shape index (κ2) is 7.86. The van der Waals surface area contributed by atoms with Gasteiger partial charge in [-0.15, -0.1) is 0 Å². The molecule has 126 valence electrons. The van der Waals surface area contributed by atoms with Gasteiger partial charge in [-0.25, -0.2) is 0 Å². The number of carbonyl (C=O) groups is 1. The van der Waals surface area contributed by atoms with Crippen molar-refractivity contribution in [3.05, 3.63) is 59.7 Å². The maximum atomic E-state index is 12.2. The highest BCUT2D eigenvalue weighted by atomic mass is 16.5. The zero-order valence-corrected chi connectivity index (χ0v) is 14.0. The summed E-state index contributed by atoms with van der Waals surface area (Å²) in [5, 5.41) is 3.14. The molecule has 1 aliphatic carbocycles. The van der Waals surface area contributed by atoms with Crippen LogP contribution in [0.4, 0.5) is 0 Å². The maximum Gasteiger partial charge on any atom is 0.223 e. The molecule has 4 nitrogen and oxygen atoms in total. The SMILES string of the molecule is COc1ccccc1OCCC(=O)N[C@@H]1CCCc2ccccc21. The van der Waals surface area contributed by atoms with E-state index >= 15 is 0 Å². The summed E-state index contributed by atoms with van der Waals surface area (Å²) < 4.78 is 10.9. The first-order valence-electron chi connectivity index (χ1n) is 8.41. The van der Waals surface area contributed by atoms with Crippen molar-refractivity contribution < 1.29 is 14.3 Å². The molecule has 1 aliphatic rings. The van der Waals surface area contributed by atoms with Crippen LogP contribution in [0.2, 0.25) is 0 Å².